The van der Waals surface area contributed by atoms with Crippen LogP contribution in [0, 0.1) is 5.92 Å². The second-order valence-corrected chi connectivity index (χ2v) is 5.64. The predicted molar refractivity (Wildman–Crippen MR) is 64.7 cm³/mol. The van der Waals surface area contributed by atoms with Crippen LogP contribution in [0.5, 0.6) is 0 Å². The molecule has 4 nitrogen and oxygen atoms in total. The Balaban J connectivity index is 2.15. The summed E-state index contributed by atoms with van der Waals surface area (Å²) in [4.78, 5) is 14.3. The molecule has 0 radical (unpaired) electrons. The summed E-state index contributed by atoms with van der Waals surface area (Å²) in [7, 11) is 2.12. The van der Waals surface area contributed by atoms with E-state index in [9.17, 15) is 4.79 Å². The summed E-state index contributed by atoms with van der Waals surface area (Å²) in [6.45, 7) is 9.43. The van der Waals surface area contributed by atoms with Crippen LogP contribution in [0.1, 0.15) is 34.1 Å². The first-order valence-corrected chi connectivity index (χ1v) is 6.45. The van der Waals surface area contributed by atoms with E-state index in [0.717, 1.165) is 13.0 Å². The molecule has 1 spiro atoms. The third kappa shape index (κ3) is 1.69. The SMILES string of the molecule is CCOC(=O)[C@]1(C)O[C@@]12C[C@@H](C)N(C)C[C@@H]2C. The van der Waals surface area contributed by atoms with Crippen molar-refractivity contribution in [3.63, 3.8) is 0 Å². The van der Waals surface area contributed by atoms with E-state index < -0.39 is 5.60 Å². The first-order valence-electron chi connectivity index (χ1n) is 6.45. The lowest BCUT2D eigenvalue weighted by atomic mass is 9.76. The molecule has 0 unspecified atom stereocenters. The summed E-state index contributed by atoms with van der Waals surface area (Å²) >= 11 is 0. The van der Waals surface area contributed by atoms with Crippen molar-refractivity contribution in [2.24, 2.45) is 5.92 Å². The second kappa shape index (κ2) is 3.95. The number of piperidine rings is 1. The zero-order valence-electron chi connectivity index (χ0n) is 11.4. The molecule has 2 saturated heterocycles. The predicted octanol–water partition coefficient (Wildman–Crippen LogP) is 1.44. The summed E-state index contributed by atoms with van der Waals surface area (Å²) in [5.74, 6) is 0.154. The molecule has 0 aromatic carbocycles. The monoisotopic (exact) mass is 241 g/mol. The van der Waals surface area contributed by atoms with Gasteiger partial charge in [0.05, 0.1) is 6.61 Å². The number of rotatable bonds is 2. The van der Waals surface area contributed by atoms with Gasteiger partial charge >= 0.3 is 5.97 Å². The van der Waals surface area contributed by atoms with E-state index >= 15 is 0 Å². The molecule has 0 aromatic heterocycles. The van der Waals surface area contributed by atoms with Crippen LogP contribution >= 0.6 is 0 Å². The molecule has 4 atom stereocenters. The standard InChI is InChI=1S/C13H23NO3/c1-6-16-11(15)12(4)13(17-12)7-10(3)14(5)8-9(13)2/h9-10H,6-8H2,1-5H3/t9-,10+,12-,13+/m0/s1. The molecule has 0 saturated carbocycles. The van der Waals surface area contributed by atoms with Crippen molar-refractivity contribution in [3.8, 4) is 0 Å². The zero-order valence-corrected chi connectivity index (χ0v) is 11.4. The summed E-state index contributed by atoms with van der Waals surface area (Å²) in [5.41, 5.74) is -1.02. The minimum Gasteiger partial charge on any atom is -0.464 e. The van der Waals surface area contributed by atoms with E-state index in [1.165, 1.54) is 0 Å². The first-order chi connectivity index (χ1) is 7.87. The highest BCUT2D eigenvalue weighted by molar-refractivity contribution is 5.84. The van der Waals surface area contributed by atoms with Crippen LogP contribution in [0.15, 0.2) is 0 Å². The van der Waals surface area contributed by atoms with E-state index in [4.69, 9.17) is 9.47 Å². The van der Waals surface area contributed by atoms with E-state index in [2.05, 4.69) is 25.8 Å². The third-order valence-corrected chi connectivity index (χ3v) is 4.53. The van der Waals surface area contributed by atoms with Crippen molar-refractivity contribution in [1.82, 2.24) is 4.90 Å². The summed E-state index contributed by atoms with van der Waals surface area (Å²) < 4.78 is 11.0. The van der Waals surface area contributed by atoms with Gasteiger partial charge in [-0.05, 0) is 34.2 Å². The van der Waals surface area contributed by atoms with Gasteiger partial charge < -0.3 is 14.4 Å². The average Bonchev–Trinajstić information content (AvgIpc) is 2.85. The van der Waals surface area contributed by atoms with Crippen molar-refractivity contribution in [3.05, 3.63) is 0 Å². The Bertz CT molecular complexity index is 333. The van der Waals surface area contributed by atoms with Crippen molar-refractivity contribution < 1.29 is 14.3 Å². The number of epoxide rings is 1. The smallest absolute Gasteiger partial charge is 0.341 e. The maximum atomic E-state index is 12.0. The molecular weight excluding hydrogens is 218 g/mol. The van der Waals surface area contributed by atoms with E-state index in [1.807, 2.05) is 13.8 Å². The highest BCUT2D eigenvalue weighted by atomic mass is 16.7. The molecular formula is C13H23NO3. The van der Waals surface area contributed by atoms with Crippen LogP contribution in [-0.2, 0) is 14.3 Å². The van der Waals surface area contributed by atoms with Gasteiger partial charge in [0.25, 0.3) is 0 Å². The minimum absolute atomic E-state index is 0.205. The van der Waals surface area contributed by atoms with Crippen LogP contribution in [0.3, 0.4) is 0 Å². The minimum atomic E-state index is -0.724. The number of nitrogens with zero attached hydrogens (tertiary/aromatic N) is 1. The molecule has 0 amide bonds. The average molecular weight is 241 g/mol. The summed E-state index contributed by atoms with van der Waals surface area (Å²) in [6, 6.07) is 0.447. The molecule has 0 N–H and O–H groups in total. The quantitative estimate of drug-likeness (QED) is 0.542. The van der Waals surface area contributed by atoms with Crippen molar-refractivity contribution in [2.45, 2.75) is 51.4 Å². The Labute approximate surface area is 103 Å². The van der Waals surface area contributed by atoms with Gasteiger partial charge in [-0.1, -0.05) is 6.92 Å². The molecule has 2 aliphatic rings. The lowest BCUT2D eigenvalue weighted by Crippen LogP contribution is -2.51. The third-order valence-electron chi connectivity index (χ3n) is 4.53. The number of likely N-dealkylation sites (tertiary alicyclic amines) is 1. The Morgan fingerprint density at radius 1 is 1.53 bits per heavy atom. The summed E-state index contributed by atoms with van der Waals surface area (Å²) in [6.07, 6.45) is 0.903. The van der Waals surface area contributed by atoms with Crippen LogP contribution in [0.4, 0.5) is 0 Å². The fourth-order valence-electron chi connectivity index (χ4n) is 3.18. The normalized spacial score (nSPS) is 45.9. The Morgan fingerprint density at radius 3 is 2.76 bits per heavy atom. The number of carbonyl (C=O) groups excluding carboxylic acids is 1. The fourth-order valence-corrected chi connectivity index (χ4v) is 3.18. The maximum absolute atomic E-state index is 12.0. The zero-order chi connectivity index (χ0) is 12.8. The van der Waals surface area contributed by atoms with Crippen molar-refractivity contribution >= 4 is 5.97 Å². The van der Waals surface area contributed by atoms with Crippen LogP contribution < -0.4 is 0 Å². The largest absolute Gasteiger partial charge is 0.464 e. The second-order valence-electron chi connectivity index (χ2n) is 5.64. The van der Waals surface area contributed by atoms with Gasteiger partial charge in [0.15, 0.2) is 5.60 Å². The molecule has 2 fully saturated rings. The van der Waals surface area contributed by atoms with Gasteiger partial charge in [-0.3, -0.25) is 0 Å². The Hall–Kier alpha value is -0.610. The van der Waals surface area contributed by atoms with Gasteiger partial charge in [0.2, 0.25) is 0 Å². The first kappa shape index (κ1) is 12.8. The molecule has 2 aliphatic heterocycles. The number of hydrogen-bond acceptors (Lipinski definition) is 4. The van der Waals surface area contributed by atoms with Crippen molar-refractivity contribution in [1.29, 1.82) is 0 Å². The highest BCUT2D eigenvalue weighted by Gasteiger charge is 2.75. The molecule has 0 aromatic rings. The fraction of sp³-hybridized carbons (Fsp3) is 0.923. The van der Waals surface area contributed by atoms with E-state index in [1.54, 1.807) is 0 Å². The molecule has 98 valence electrons. The highest BCUT2D eigenvalue weighted by Crippen LogP contribution is 2.58. The lowest BCUT2D eigenvalue weighted by molar-refractivity contribution is -0.149. The van der Waals surface area contributed by atoms with E-state index in [-0.39, 0.29) is 11.6 Å². The van der Waals surface area contributed by atoms with Crippen LogP contribution in [-0.4, -0.2) is 48.3 Å². The molecule has 0 bridgehead atoms. The summed E-state index contributed by atoms with van der Waals surface area (Å²) in [5, 5.41) is 0. The topological polar surface area (TPSA) is 42.1 Å². The number of carbonyl (C=O) groups is 1. The van der Waals surface area contributed by atoms with Crippen molar-refractivity contribution in [2.75, 3.05) is 20.2 Å². The number of ether oxygens (including phenoxy) is 2. The van der Waals surface area contributed by atoms with Gasteiger partial charge in [-0.15, -0.1) is 0 Å². The van der Waals surface area contributed by atoms with E-state index in [0.29, 0.717) is 18.6 Å². The number of hydrogen-bond donors (Lipinski definition) is 0. The molecule has 0 aliphatic carbocycles. The van der Waals surface area contributed by atoms with Crippen LogP contribution in [0.25, 0.3) is 0 Å². The Morgan fingerprint density at radius 2 is 2.18 bits per heavy atom. The molecule has 2 heterocycles. The molecule has 4 heteroatoms. The van der Waals surface area contributed by atoms with Gasteiger partial charge in [-0.2, -0.15) is 0 Å². The van der Waals surface area contributed by atoms with Gasteiger partial charge in [0, 0.05) is 18.5 Å². The number of esters is 1. The van der Waals surface area contributed by atoms with Crippen LogP contribution in [0.2, 0.25) is 0 Å². The lowest BCUT2D eigenvalue weighted by Gasteiger charge is -2.39. The molecule has 2 rings (SSSR count). The molecule has 17 heavy (non-hydrogen) atoms. The van der Waals surface area contributed by atoms with Gasteiger partial charge in [-0.25, -0.2) is 4.79 Å². The Kier molecular flexibility index (Phi) is 2.99. The van der Waals surface area contributed by atoms with Gasteiger partial charge in [0.1, 0.15) is 5.60 Å². The maximum Gasteiger partial charge on any atom is 0.341 e.